The average molecular weight is 329 g/mol. The molecule has 122 valence electrons. The molecule has 0 aliphatic rings. The van der Waals surface area contributed by atoms with E-state index in [0.717, 1.165) is 16.3 Å². The molecule has 0 atom stereocenters. The number of rotatable bonds is 2. The van der Waals surface area contributed by atoms with Crippen LogP contribution in [0.1, 0.15) is 10.4 Å². The summed E-state index contributed by atoms with van der Waals surface area (Å²) in [6.45, 7) is 0. The Morgan fingerprint density at radius 1 is 0.840 bits per heavy atom. The van der Waals surface area contributed by atoms with Crippen LogP contribution in [0.5, 0.6) is 5.75 Å². The third-order valence-electron chi connectivity index (χ3n) is 4.30. The molecule has 4 rings (SSSR count). The molecule has 4 aromatic rings. The summed E-state index contributed by atoms with van der Waals surface area (Å²) < 4.78 is 7.04. The molecule has 0 radical (unpaired) electrons. The Balaban J connectivity index is 1.83. The van der Waals surface area contributed by atoms with Crippen LogP contribution < -0.4 is 10.3 Å². The Bertz CT molecular complexity index is 1160. The minimum atomic E-state index is -0.447. The number of carbonyl (C=O) groups excluding carboxylic acids is 1. The van der Waals surface area contributed by atoms with Gasteiger partial charge in [-0.3, -0.25) is 4.79 Å². The van der Waals surface area contributed by atoms with Gasteiger partial charge in [0.25, 0.3) is 5.56 Å². The number of fused-ring (bicyclic) bond motifs is 3. The van der Waals surface area contributed by atoms with Gasteiger partial charge in [-0.25, -0.2) is 4.79 Å². The van der Waals surface area contributed by atoms with Crippen LogP contribution in [0.2, 0.25) is 0 Å². The Morgan fingerprint density at radius 2 is 1.56 bits per heavy atom. The van der Waals surface area contributed by atoms with Crippen molar-refractivity contribution >= 4 is 27.6 Å². The van der Waals surface area contributed by atoms with Crippen molar-refractivity contribution in [2.24, 2.45) is 7.05 Å². The van der Waals surface area contributed by atoms with Crippen LogP contribution in [0.4, 0.5) is 0 Å². The fourth-order valence-electron chi connectivity index (χ4n) is 3.02. The Morgan fingerprint density at radius 3 is 2.36 bits per heavy atom. The zero-order valence-electron chi connectivity index (χ0n) is 13.6. The summed E-state index contributed by atoms with van der Waals surface area (Å²) in [5, 5.41) is 2.36. The molecule has 0 aliphatic heterocycles. The SMILES string of the molecule is Cn1c(=O)c2cc(OC(=O)c3ccccc3)ccc2c2ccccc21. The molecule has 0 N–H and O–H groups in total. The van der Waals surface area contributed by atoms with Crippen LogP contribution in [-0.4, -0.2) is 10.5 Å². The van der Waals surface area contributed by atoms with Crippen LogP contribution in [0, 0.1) is 0 Å². The first-order chi connectivity index (χ1) is 12.1. The summed E-state index contributed by atoms with van der Waals surface area (Å²) in [7, 11) is 1.74. The number of ether oxygens (including phenoxy) is 1. The van der Waals surface area contributed by atoms with E-state index in [0.29, 0.717) is 16.7 Å². The molecule has 4 heteroatoms. The molecule has 4 nitrogen and oxygen atoms in total. The van der Waals surface area contributed by atoms with E-state index in [1.54, 1.807) is 48.0 Å². The summed E-state index contributed by atoms with van der Waals surface area (Å²) in [6, 6.07) is 21.7. The largest absolute Gasteiger partial charge is 0.423 e. The summed E-state index contributed by atoms with van der Waals surface area (Å²) in [4.78, 5) is 24.9. The summed E-state index contributed by atoms with van der Waals surface area (Å²) in [5.74, 6) is -0.0914. The van der Waals surface area contributed by atoms with Gasteiger partial charge in [-0.2, -0.15) is 0 Å². The van der Waals surface area contributed by atoms with Gasteiger partial charge in [0.2, 0.25) is 0 Å². The molecule has 0 unspecified atom stereocenters. The van der Waals surface area contributed by atoms with Crippen molar-refractivity contribution in [2.75, 3.05) is 0 Å². The number of carbonyl (C=O) groups is 1. The van der Waals surface area contributed by atoms with E-state index in [4.69, 9.17) is 4.74 Å². The number of esters is 1. The van der Waals surface area contributed by atoms with Gasteiger partial charge >= 0.3 is 5.97 Å². The Hall–Kier alpha value is -3.40. The monoisotopic (exact) mass is 329 g/mol. The van der Waals surface area contributed by atoms with Gasteiger partial charge in [-0.05, 0) is 41.8 Å². The van der Waals surface area contributed by atoms with Crippen molar-refractivity contribution in [1.82, 2.24) is 4.57 Å². The van der Waals surface area contributed by atoms with Gasteiger partial charge in [0.15, 0.2) is 0 Å². The van der Waals surface area contributed by atoms with Crippen molar-refractivity contribution in [3.63, 3.8) is 0 Å². The first kappa shape index (κ1) is 15.1. The second-order valence-corrected chi connectivity index (χ2v) is 5.84. The van der Waals surface area contributed by atoms with Gasteiger partial charge in [0.1, 0.15) is 5.75 Å². The van der Waals surface area contributed by atoms with E-state index in [1.165, 1.54) is 0 Å². The molecule has 1 heterocycles. The maximum absolute atomic E-state index is 12.7. The average Bonchev–Trinajstić information content (AvgIpc) is 2.67. The maximum atomic E-state index is 12.7. The first-order valence-corrected chi connectivity index (χ1v) is 7.94. The van der Waals surface area contributed by atoms with Crippen LogP contribution in [-0.2, 0) is 7.05 Å². The minimum absolute atomic E-state index is 0.119. The highest BCUT2D eigenvalue weighted by Gasteiger charge is 2.12. The topological polar surface area (TPSA) is 48.3 Å². The third kappa shape index (κ3) is 2.58. The van der Waals surface area contributed by atoms with Crippen LogP contribution in [0.15, 0.2) is 77.6 Å². The van der Waals surface area contributed by atoms with E-state index < -0.39 is 5.97 Å². The van der Waals surface area contributed by atoms with Crippen molar-refractivity contribution in [3.8, 4) is 5.75 Å². The molecule has 0 aliphatic carbocycles. The van der Waals surface area contributed by atoms with Crippen molar-refractivity contribution in [3.05, 3.63) is 88.7 Å². The summed E-state index contributed by atoms with van der Waals surface area (Å²) >= 11 is 0. The molecule has 0 bridgehead atoms. The Labute approximate surface area is 143 Å². The van der Waals surface area contributed by atoms with Gasteiger partial charge in [-0.1, -0.05) is 36.4 Å². The van der Waals surface area contributed by atoms with E-state index in [2.05, 4.69) is 0 Å². The zero-order valence-corrected chi connectivity index (χ0v) is 13.6. The molecule has 0 spiro atoms. The number of para-hydroxylation sites is 1. The standard InChI is InChI=1S/C21H15NO3/c1-22-19-10-6-5-9-17(19)16-12-11-15(13-18(16)20(22)23)25-21(24)14-7-3-2-4-8-14/h2-13H,1H3. The summed E-state index contributed by atoms with van der Waals surface area (Å²) in [5.41, 5.74) is 1.22. The lowest BCUT2D eigenvalue weighted by atomic mass is 10.1. The summed E-state index contributed by atoms with van der Waals surface area (Å²) in [6.07, 6.45) is 0. The fraction of sp³-hybridized carbons (Fsp3) is 0.0476. The number of pyridine rings is 1. The molecule has 3 aromatic carbocycles. The van der Waals surface area contributed by atoms with Crippen molar-refractivity contribution in [1.29, 1.82) is 0 Å². The number of hydrogen-bond acceptors (Lipinski definition) is 3. The number of aryl methyl sites for hydroxylation is 1. The van der Waals surface area contributed by atoms with E-state index >= 15 is 0 Å². The van der Waals surface area contributed by atoms with E-state index in [1.807, 2.05) is 36.4 Å². The van der Waals surface area contributed by atoms with Crippen LogP contribution in [0.25, 0.3) is 21.7 Å². The zero-order chi connectivity index (χ0) is 17.4. The van der Waals surface area contributed by atoms with Crippen LogP contribution >= 0.6 is 0 Å². The molecular weight excluding hydrogens is 314 g/mol. The molecule has 1 aromatic heterocycles. The first-order valence-electron chi connectivity index (χ1n) is 7.94. The van der Waals surface area contributed by atoms with Gasteiger partial charge in [0, 0.05) is 12.4 Å². The molecule has 25 heavy (non-hydrogen) atoms. The second kappa shape index (κ2) is 5.91. The lowest BCUT2D eigenvalue weighted by Crippen LogP contribution is -2.17. The predicted octanol–water partition coefficient (Wildman–Crippen LogP) is 3.91. The minimum Gasteiger partial charge on any atom is -0.423 e. The van der Waals surface area contributed by atoms with E-state index in [9.17, 15) is 9.59 Å². The molecule has 0 fully saturated rings. The van der Waals surface area contributed by atoms with Crippen molar-refractivity contribution < 1.29 is 9.53 Å². The normalized spacial score (nSPS) is 10.9. The highest BCUT2D eigenvalue weighted by atomic mass is 16.5. The molecular formula is C21H15NO3. The molecule has 0 saturated carbocycles. The number of nitrogens with zero attached hydrogens (tertiary/aromatic N) is 1. The molecule has 0 amide bonds. The lowest BCUT2D eigenvalue weighted by Gasteiger charge is -2.10. The lowest BCUT2D eigenvalue weighted by molar-refractivity contribution is 0.0735. The number of aromatic nitrogens is 1. The third-order valence-corrected chi connectivity index (χ3v) is 4.30. The Kier molecular flexibility index (Phi) is 3.58. The number of benzene rings is 3. The van der Waals surface area contributed by atoms with Gasteiger partial charge in [-0.15, -0.1) is 0 Å². The highest BCUT2D eigenvalue weighted by Crippen LogP contribution is 2.26. The quantitative estimate of drug-likeness (QED) is 0.318. The van der Waals surface area contributed by atoms with Gasteiger partial charge < -0.3 is 9.30 Å². The maximum Gasteiger partial charge on any atom is 0.343 e. The van der Waals surface area contributed by atoms with Gasteiger partial charge in [0.05, 0.1) is 16.5 Å². The van der Waals surface area contributed by atoms with E-state index in [-0.39, 0.29) is 5.56 Å². The second-order valence-electron chi connectivity index (χ2n) is 5.84. The van der Waals surface area contributed by atoms with Crippen molar-refractivity contribution in [2.45, 2.75) is 0 Å². The fourth-order valence-corrected chi connectivity index (χ4v) is 3.02. The highest BCUT2D eigenvalue weighted by molar-refractivity contribution is 6.06. The van der Waals surface area contributed by atoms with Crippen LogP contribution in [0.3, 0.4) is 0 Å². The smallest absolute Gasteiger partial charge is 0.343 e. The number of hydrogen-bond donors (Lipinski definition) is 0. The molecule has 0 saturated heterocycles. The predicted molar refractivity (Wildman–Crippen MR) is 98.1 cm³/mol.